The number of hydrogen-bond acceptors (Lipinski definition) is 6. The number of halogens is 3. The van der Waals surface area contributed by atoms with Crippen LogP contribution in [0, 0.1) is 6.92 Å². The van der Waals surface area contributed by atoms with Gasteiger partial charge in [0, 0.05) is 5.92 Å². The molecule has 12 heteroatoms. The molecule has 2 amide bonds. The highest BCUT2D eigenvalue weighted by Crippen LogP contribution is 2.45. The highest BCUT2D eigenvalue weighted by Gasteiger charge is 2.34. The molecule has 1 aliphatic carbocycles. The van der Waals surface area contributed by atoms with Crippen LogP contribution in [-0.2, 0) is 16.1 Å². The molecule has 8 nitrogen and oxygen atoms in total. The van der Waals surface area contributed by atoms with E-state index >= 15 is 0 Å². The maximum Gasteiger partial charge on any atom is 0.341 e. The van der Waals surface area contributed by atoms with Crippen LogP contribution in [0.5, 0.6) is 0 Å². The lowest BCUT2D eigenvalue weighted by Gasteiger charge is -2.11. The van der Waals surface area contributed by atoms with E-state index < -0.39 is 36.0 Å². The summed E-state index contributed by atoms with van der Waals surface area (Å²) < 4.78 is 33.2. The molecule has 1 aliphatic rings. The molecule has 0 bridgehead atoms. The molecular weight excluding hydrogens is 498 g/mol. The number of amides is 2. The van der Waals surface area contributed by atoms with E-state index in [-0.39, 0.29) is 32.4 Å². The van der Waals surface area contributed by atoms with Gasteiger partial charge in [0.05, 0.1) is 26.7 Å². The number of ether oxygens (including phenoxy) is 1. The molecule has 0 atom stereocenters. The standard InChI is InChI=1S/C19H21BrF2N4O4S/c1-7(2)30-19(29)11-8(3)15(17(23)28)31-18(11)24-10(27)6-26-14(9-4-5-9)12(20)13(25-26)16(21)22/h7,9,16H,4-6H2,1-3H3,(H2,23,28)(H,24,27). The van der Waals surface area contributed by atoms with Crippen molar-refractivity contribution >= 4 is 50.1 Å². The van der Waals surface area contributed by atoms with Crippen molar-refractivity contribution in [2.24, 2.45) is 5.73 Å². The smallest absolute Gasteiger partial charge is 0.341 e. The minimum atomic E-state index is -2.79. The van der Waals surface area contributed by atoms with Gasteiger partial charge in [-0.05, 0) is 55.1 Å². The fourth-order valence-electron chi connectivity index (χ4n) is 3.14. The molecule has 1 saturated carbocycles. The molecule has 2 heterocycles. The number of carbonyl (C=O) groups is 3. The monoisotopic (exact) mass is 518 g/mol. The van der Waals surface area contributed by atoms with Crippen LogP contribution in [0.3, 0.4) is 0 Å². The first-order valence-corrected chi connectivity index (χ1v) is 11.1. The molecule has 168 valence electrons. The van der Waals surface area contributed by atoms with Gasteiger partial charge < -0.3 is 15.8 Å². The van der Waals surface area contributed by atoms with E-state index in [4.69, 9.17) is 10.5 Å². The fourth-order valence-corrected chi connectivity index (χ4v) is 4.98. The van der Waals surface area contributed by atoms with E-state index in [0.717, 1.165) is 24.2 Å². The van der Waals surface area contributed by atoms with Crippen LogP contribution in [0.1, 0.15) is 76.0 Å². The molecule has 31 heavy (non-hydrogen) atoms. The second-order valence-corrected chi connectivity index (χ2v) is 9.26. The fraction of sp³-hybridized carbons (Fsp3) is 0.474. The third-order valence-corrected chi connectivity index (χ3v) is 6.63. The topological polar surface area (TPSA) is 116 Å². The molecule has 2 aromatic rings. The summed E-state index contributed by atoms with van der Waals surface area (Å²) in [7, 11) is 0. The van der Waals surface area contributed by atoms with Gasteiger partial charge in [-0.15, -0.1) is 11.3 Å². The van der Waals surface area contributed by atoms with Crippen LogP contribution in [0.25, 0.3) is 0 Å². The van der Waals surface area contributed by atoms with E-state index in [2.05, 4.69) is 26.3 Å². The quantitative estimate of drug-likeness (QED) is 0.509. The van der Waals surface area contributed by atoms with Crippen molar-refractivity contribution in [1.29, 1.82) is 0 Å². The number of esters is 1. The first kappa shape index (κ1) is 23.3. The van der Waals surface area contributed by atoms with Crippen LogP contribution in [0.2, 0.25) is 0 Å². The number of primary amides is 1. The van der Waals surface area contributed by atoms with Crippen molar-refractivity contribution in [1.82, 2.24) is 9.78 Å². The highest BCUT2D eigenvalue weighted by molar-refractivity contribution is 9.10. The summed E-state index contributed by atoms with van der Waals surface area (Å²) in [6.07, 6.45) is -1.55. The molecule has 0 aromatic carbocycles. The molecule has 2 aromatic heterocycles. The lowest BCUT2D eigenvalue weighted by atomic mass is 10.1. The SMILES string of the molecule is Cc1c(C(N)=O)sc(NC(=O)Cn2nc(C(F)F)c(Br)c2C2CC2)c1C(=O)OC(C)C. The van der Waals surface area contributed by atoms with Gasteiger partial charge in [0.2, 0.25) is 5.91 Å². The van der Waals surface area contributed by atoms with Gasteiger partial charge in [-0.3, -0.25) is 14.3 Å². The minimum Gasteiger partial charge on any atom is -0.459 e. The van der Waals surface area contributed by atoms with Crippen LogP contribution in [-0.4, -0.2) is 33.7 Å². The Morgan fingerprint density at radius 2 is 2.00 bits per heavy atom. The average Bonchev–Trinajstić information content (AvgIpc) is 3.34. The van der Waals surface area contributed by atoms with Gasteiger partial charge in [0.1, 0.15) is 17.2 Å². The number of hydrogen-bond donors (Lipinski definition) is 2. The van der Waals surface area contributed by atoms with Crippen LogP contribution in [0.4, 0.5) is 13.8 Å². The number of nitrogens with two attached hydrogens (primary N) is 1. The van der Waals surface area contributed by atoms with E-state index in [1.54, 1.807) is 13.8 Å². The first-order valence-electron chi connectivity index (χ1n) is 9.49. The van der Waals surface area contributed by atoms with Crippen molar-refractivity contribution in [2.75, 3.05) is 5.32 Å². The van der Waals surface area contributed by atoms with E-state index in [9.17, 15) is 23.2 Å². The molecule has 0 unspecified atom stereocenters. The second kappa shape index (κ2) is 9.03. The van der Waals surface area contributed by atoms with Gasteiger partial charge in [-0.2, -0.15) is 5.10 Å². The maximum absolute atomic E-state index is 13.3. The number of aromatic nitrogens is 2. The van der Waals surface area contributed by atoms with Gasteiger partial charge >= 0.3 is 5.97 Å². The number of nitrogens with zero attached hydrogens (tertiary/aromatic N) is 2. The first-order chi connectivity index (χ1) is 14.5. The van der Waals surface area contributed by atoms with Crippen molar-refractivity contribution in [3.63, 3.8) is 0 Å². The molecule has 0 radical (unpaired) electrons. The Balaban J connectivity index is 1.89. The van der Waals surface area contributed by atoms with E-state index in [1.165, 1.54) is 11.6 Å². The van der Waals surface area contributed by atoms with Crippen LogP contribution < -0.4 is 11.1 Å². The van der Waals surface area contributed by atoms with Crippen molar-refractivity contribution in [3.05, 3.63) is 31.9 Å². The highest BCUT2D eigenvalue weighted by atomic mass is 79.9. The van der Waals surface area contributed by atoms with E-state index in [0.29, 0.717) is 11.3 Å². The Kier molecular flexibility index (Phi) is 6.79. The zero-order valence-corrected chi connectivity index (χ0v) is 19.4. The second-order valence-electron chi connectivity index (χ2n) is 7.44. The summed E-state index contributed by atoms with van der Waals surface area (Å²) in [5.41, 5.74) is 5.85. The number of nitrogens with one attached hydrogen (secondary N) is 1. The van der Waals surface area contributed by atoms with Gasteiger partial charge in [0.15, 0.2) is 0 Å². The molecule has 1 fully saturated rings. The van der Waals surface area contributed by atoms with Gasteiger partial charge in [-0.1, -0.05) is 0 Å². The molecule has 0 aliphatic heterocycles. The van der Waals surface area contributed by atoms with E-state index in [1.807, 2.05) is 0 Å². The van der Waals surface area contributed by atoms with Gasteiger partial charge in [0.25, 0.3) is 12.3 Å². The lowest BCUT2D eigenvalue weighted by Crippen LogP contribution is -2.22. The summed E-state index contributed by atoms with van der Waals surface area (Å²) in [6.45, 7) is 4.54. The molecular formula is C19H21BrF2N4O4S. The van der Waals surface area contributed by atoms with Crippen molar-refractivity contribution in [3.8, 4) is 0 Å². The third kappa shape index (κ3) is 4.95. The number of carbonyl (C=O) groups excluding carboxylic acids is 3. The Bertz CT molecular complexity index is 1050. The lowest BCUT2D eigenvalue weighted by molar-refractivity contribution is -0.116. The Morgan fingerprint density at radius 3 is 2.52 bits per heavy atom. The number of thiophene rings is 1. The normalized spacial score (nSPS) is 13.7. The summed E-state index contributed by atoms with van der Waals surface area (Å²) in [5, 5.41) is 6.58. The van der Waals surface area contributed by atoms with Crippen LogP contribution >= 0.6 is 27.3 Å². The summed E-state index contributed by atoms with van der Waals surface area (Å²) >= 11 is 4.04. The molecule has 3 N–H and O–H groups in total. The van der Waals surface area contributed by atoms with Crippen LogP contribution in [0.15, 0.2) is 4.47 Å². The summed E-state index contributed by atoms with van der Waals surface area (Å²) in [6, 6.07) is 0. The Labute approximate surface area is 189 Å². The predicted molar refractivity (Wildman–Crippen MR) is 114 cm³/mol. The summed E-state index contributed by atoms with van der Waals surface area (Å²) in [4.78, 5) is 37.1. The molecule has 0 saturated heterocycles. The van der Waals surface area contributed by atoms with Crippen molar-refractivity contribution in [2.45, 2.75) is 58.6 Å². The number of rotatable bonds is 8. The maximum atomic E-state index is 13.3. The number of alkyl halides is 2. The average molecular weight is 519 g/mol. The van der Waals surface area contributed by atoms with Gasteiger partial charge in [-0.25, -0.2) is 13.6 Å². The zero-order chi connectivity index (χ0) is 23.0. The third-order valence-electron chi connectivity index (χ3n) is 4.59. The largest absolute Gasteiger partial charge is 0.459 e. The van der Waals surface area contributed by atoms with Crippen molar-refractivity contribution < 1.29 is 27.9 Å². The summed E-state index contributed by atoms with van der Waals surface area (Å²) in [5.74, 6) is -1.97. The zero-order valence-electron chi connectivity index (χ0n) is 17.0. The Morgan fingerprint density at radius 1 is 1.35 bits per heavy atom. The Hall–Kier alpha value is -2.34. The predicted octanol–water partition coefficient (Wildman–Crippen LogP) is 4.13. The number of anilines is 1. The minimum absolute atomic E-state index is 0.0400. The molecule has 0 spiro atoms. The molecule has 3 rings (SSSR count).